The summed E-state index contributed by atoms with van der Waals surface area (Å²) in [7, 11) is 1.96. The number of carbonyl (C=O) groups excluding carboxylic acids is 1. The molecule has 2 aromatic heterocycles. The summed E-state index contributed by atoms with van der Waals surface area (Å²) in [6.45, 7) is 2.37. The van der Waals surface area contributed by atoms with Gasteiger partial charge in [0.2, 0.25) is 5.91 Å². The van der Waals surface area contributed by atoms with Crippen LogP contribution < -0.4 is 5.32 Å². The van der Waals surface area contributed by atoms with Crippen molar-refractivity contribution in [3.8, 4) is 0 Å². The largest absolute Gasteiger partial charge is 0.348 e. The van der Waals surface area contributed by atoms with Crippen LogP contribution in [0.15, 0.2) is 24.3 Å². The number of carbonyl (C=O) groups is 1. The zero-order valence-corrected chi connectivity index (χ0v) is 14.6. The fourth-order valence-corrected chi connectivity index (χ4v) is 3.70. The minimum atomic E-state index is 0.00268. The number of fused-ring (bicyclic) bond motifs is 1. The second-order valence-corrected chi connectivity index (χ2v) is 6.66. The Morgan fingerprint density at radius 2 is 2.17 bits per heavy atom. The zero-order chi connectivity index (χ0) is 16.2. The Hall–Kier alpha value is -1.93. The van der Waals surface area contributed by atoms with Gasteiger partial charge in [-0.3, -0.25) is 4.79 Å². The molecule has 120 valence electrons. The third kappa shape index (κ3) is 3.70. The highest BCUT2D eigenvalue weighted by atomic mass is 32.2. The Morgan fingerprint density at radius 1 is 1.35 bits per heavy atom. The van der Waals surface area contributed by atoms with Gasteiger partial charge in [0.15, 0.2) is 0 Å². The Balaban J connectivity index is 1.50. The number of imidazole rings is 1. The van der Waals surface area contributed by atoms with Gasteiger partial charge >= 0.3 is 0 Å². The van der Waals surface area contributed by atoms with Gasteiger partial charge < -0.3 is 9.88 Å². The van der Waals surface area contributed by atoms with E-state index in [0.29, 0.717) is 18.1 Å². The molecule has 0 saturated heterocycles. The van der Waals surface area contributed by atoms with Gasteiger partial charge in [0.05, 0.1) is 46.4 Å². The lowest BCUT2D eigenvalue weighted by Crippen LogP contribution is -2.26. The lowest BCUT2D eigenvalue weighted by molar-refractivity contribution is -0.118. The number of hydrogen-bond donors (Lipinski definition) is 1. The molecule has 0 fully saturated rings. The lowest BCUT2D eigenvalue weighted by atomic mass is 10.3. The van der Waals surface area contributed by atoms with Crippen LogP contribution in [0.4, 0.5) is 0 Å². The molecule has 0 aliphatic heterocycles. The molecule has 6 nitrogen and oxygen atoms in total. The fraction of sp³-hybridized carbons (Fsp3) is 0.333. The second kappa shape index (κ2) is 7.10. The summed E-state index contributed by atoms with van der Waals surface area (Å²) >= 11 is 2.75. The van der Waals surface area contributed by atoms with Crippen LogP contribution in [0.1, 0.15) is 17.2 Å². The minimum Gasteiger partial charge on any atom is -0.348 e. The first-order valence-electron chi connectivity index (χ1n) is 7.18. The van der Waals surface area contributed by atoms with Crippen LogP contribution in [-0.4, -0.2) is 30.0 Å². The zero-order valence-electron chi connectivity index (χ0n) is 12.9. The van der Waals surface area contributed by atoms with Crippen LogP contribution >= 0.6 is 23.5 Å². The van der Waals surface area contributed by atoms with Gasteiger partial charge in [0.1, 0.15) is 5.82 Å². The van der Waals surface area contributed by atoms with Crippen LogP contribution in [0.2, 0.25) is 0 Å². The number of aryl methyl sites for hydroxylation is 2. The van der Waals surface area contributed by atoms with E-state index < -0.39 is 0 Å². The topological polar surface area (TPSA) is 72.7 Å². The molecule has 0 atom stereocenters. The van der Waals surface area contributed by atoms with Crippen molar-refractivity contribution in [2.45, 2.75) is 19.2 Å². The van der Waals surface area contributed by atoms with Crippen molar-refractivity contribution in [2.24, 2.45) is 7.05 Å². The molecule has 3 aromatic rings. The van der Waals surface area contributed by atoms with E-state index in [9.17, 15) is 4.79 Å². The van der Waals surface area contributed by atoms with E-state index in [0.717, 1.165) is 28.2 Å². The van der Waals surface area contributed by atoms with Crippen LogP contribution in [0, 0.1) is 6.92 Å². The molecule has 0 aliphatic carbocycles. The molecular formula is C15H17N5OS2. The third-order valence-corrected chi connectivity index (χ3v) is 5.14. The summed E-state index contributed by atoms with van der Waals surface area (Å²) < 4.78 is 10.3. The average Bonchev–Trinajstić information content (AvgIpc) is 3.10. The summed E-state index contributed by atoms with van der Waals surface area (Å²) in [5.74, 6) is 1.97. The summed E-state index contributed by atoms with van der Waals surface area (Å²) in [6, 6.07) is 7.94. The molecule has 23 heavy (non-hydrogen) atoms. The Labute approximate surface area is 142 Å². The normalized spacial score (nSPS) is 11.0. The van der Waals surface area contributed by atoms with Gasteiger partial charge in [-0.05, 0) is 19.1 Å². The van der Waals surface area contributed by atoms with Gasteiger partial charge in [0, 0.05) is 12.8 Å². The van der Waals surface area contributed by atoms with E-state index in [1.165, 1.54) is 11.7 Å². The van der Waals surface area contributed by atoms with Crippen molar-refractivity contribution < 1.29 is 4.79 Å². The quantitative estimate of drug-likeness (QED) is 0.741. The van der Waals surface area contributed by atoms with Gasteiger partial charge in [-0.1, -0.05) is 12.1 Å². The number of aromatic nitrogens is 4. The van der Waals surface area contributed by atoms with Crippen LogP contribution in [0.5, 0.6) is 0 Å². The second-order valence-electron chi connectivity index (χ2n) is 5.14. The number of para-hydroxylation sites is 2. The van der Waals surface area contributed by atoms with Gasteiger partial charge in [0.25, 0.3) is 0 Å². The molecule has 2 heterocycles. The Kier molecular flexibility index (Phi) is 4.92. The SMILES string of the molecule is Cc1nsnc1CSCC(=O)NCc1nc2ccccc2n1C. The van der Waals surface area contributed by atoms with E-state index in [-0.39, 0.29) is 5.91 Å². The third-order valence-electron chi connectivity index (χ3n) is 3.54. The predicted molar refractivity (Wildman–Crippen MR) is 93.4 cm³/mol. The van der Waals surface area contributed by atoms with E-state index in [1.807, 2.05) is 42.8 Å². The maximum Gasteiger partial charge on any atom is 0.230 e. The molecule has 0 aliphatic rings. The number of nitrogens with one attached hydrogen (secondary N) is 1. The number of thioether (sulfide) groups is 1. The molecule has 0 radical (unpaired) electrons. The molecule has 3 rings (SSSR count). The minimum absolute atomic E-state index is 0.00268. The first-order chi connectivity index (χ1) is 11.1. The van der Waals surface area contributed by atoms with Crippen LogP contribution in [0.3, 0.4) is 0 Å². The van der Waals surface area contributed by atoms with E-state index in [2.05, 4.69) is 19.0 Å². The fourth-order valence-electron chi connectivity index (χ4n) is 2.20. The lowest BCUT2D eigenvalue weighted by Gasteiger charge is -2.05. The van der Waals surface area contributed by atoms with Crippen molar-refractivity contribution in [3.05, 3.63) is 41.5 Å². The number of hydrogen-bond acceptors (Lipinski definition) is 6. The van der Waals surface area contributed by atoms with Gasteiger partial charge in [-0.2, -0.15) is 8.75 Å². The first-order valence-corrected chi connectivity index (χ1v) is 9.06. The smallest absolute Gasteiger partial charge is 0.230 e. The maximum atomic E-state index is 12.0. The summed E-state index contributed by atoms with van der Waals surface area (Å²) in [5, 5.41) is 2.92. The summed E-state index contributed by atoms with van der Waals surface area (Å²) in [5.41, 5.74) is 3.92. The molecule has 1 N–H and O–H groups in total. The van der Waals surface area contributed by atoms with Crippen molar-refractivity contribution >= 4 is 40.4 Å². The highest BCUT2D eigenvalue weighted by molar-refractivity contribution is 7.99. The molecule has 0 bridgehead atoms. The molecule has 0 unspecified atom stereocenters. The monoisotopic (exact) mass is 347 g/mol. The van der Waals surface area contributed by atoms with Crippen molar-refractivity contribution in [2.75, 3.05) is 5.75 Å². The Bertz CT molecular complexity index is 826. The Morgan fingerprint density at radius 3 is 2.91 bits per heavy atom. The van der Waals surface area contributed by atoms with Crippen LogP contribution in [-0.2, 0) is 24.1 Å². The molecular weight excluding hydrogens is 330 g/mol. The molecule has 8 heteroatoms. The molecule has 0 saturated carbocycles. The molecule has 1 aromatic carbocycles. The number of rotatable bonds is 6. The summed E-state index contributed by atoms with van der Waals surface area (Å²) in [4.78, 5) is 16.5. The van der Waals surface area contributed by atoms with E-state index in [4.69, 9.17) is 0 Å². The number of benzene rings is 1. The average molecular weight is 347 g/mol. The van der Waals surface area contributed by atoms with Crippen LogP contribution in [0.25, 0.3) is 11.0 Å². The molecule has 1 amide bonds. The number of amides is 1. The van der Waals surface area contributed by atoms with Crippen molar-refractivity contribution in [1.29, 1.82) is 0 Å². The van der Waals surface area contributed by atoms with E-state index >= 15 is 0 Å². The maximum absolute atomic E-state index is 12.0. The highest BCUT2D eigenvalue weighted by Gasteiger charge is 2.09. The van der Waals surface area contributed by atoms with E-state index in [1.54, 1.807) is 11.8 Å². The van der Waals surface area contributed by atoms with Gasteiger partial charge in [-0.25, -0.2) is 4.98 Å². The van der Waals surface area contributed by atoms with Crippen molar-refractivity contribution in [3.63, 3.8) is 0 Å². The number of nitrogens with zero attached hydrogens (tertiary/aromatic N) is 4. The summed E-state index contributed by atoms with van der Waals surface area (Å²) in [6.07, 6.45) is 0. The van der Waals surface area contributed by atoms with Crippen molar-refractivity contribution in [1.82, 2.24) is 23.6 Å². The van der Waals surface area contributed by atoms with Gasteiger partial charge in [-0.15, -0.1) is 11.8 Å². The molecule has 0 spiro atoms. The standard InChI is InChI=1S/C15H17N5OS2/c1-10-12(19-23-18-10)8-22-9-15(21)16-7-14-17-11-5-3-4-6-13(11)20(14)2/h3-6H,7-9H2,1-2H3,(H,16,21). The highest BCUT2D eigenvalue weighted by Crippen LogP contribution is 2.15. The first kappa shape index (κ1) is 15.9. The predicted octanol–water partition coefficient (Wildman–Crippen LogP) is 2.28.